The number of alkyl halides is 2. The van der Waals surface area contributed by atoms with Crippen molar-refractivity contribution in [3.05, 3.63) is 0 Å². The fraction of sp³-hybridized carbons (Fsp3) is 1.00. The summed E-state index contributed by atoms with van der Waals surface area (Å²) in [6.07, 6.45) is 0. The molecular formula is C5H10FI. The van der Waals surface area contributed by atoms with E-state index in [1.807, 2.05) is 13.8 Å². The van der Waals surface area contributed by atoms with E-state index in [1.54, 1.807) is 0 Å². The van der Waals surface area contributed by atoms with E-state index in [2.05, 4.69) is 22.6 Å². The highest BCUT2D eigenvalue weighted by Gasteiger charge is 2.05. The van der Waals surface area contributed by atoms with E-state index in [0.29, 0.717) is 5.92 Å². The molecule has 0 rings (SSSR count). The van der Waals surface area contributed by atoms with Crippen molar-refractivity contribution in [2.45, 2.75) is 17.8 Å². The summed E-state index contributed by atoms with van der Waals surface area (Å²) >= 11 is 2.12. The summed E-state index contributed by atoms with van der Waals surface area (Å²) in [7, 11) is 0. The average Bonchev–Trinajstić information content (AvgIpc) is 1.65. The highest BCUT2D eigenvalue weighted by atomic mass is 127. The third kappa shape index (κ3) is 3.26. The van der Waals surface area contributed by atoms with Gasteiger partial charge >= 0.3 is 0 Å². The molecule has 0 aromatic carbocycles. The van der Waals surface area contributed by atoms with Crippen LogP contribution in [0.1, 0.15) is 13.8 Å². The molecule has 1 atom stereocenters. The van der Waals surface area contributed by atoms with Gasteiger partial charge in [0.2, 0.25) is 0 Å². The first kappa shape index (κ1) is 7.66. The van der Waals surface area contributed by atoms with Crippen molar-refractivity contribution in [2.24, 2.45) is 5.92 Å². The fourth-order valence-electron chi connectivity index (χ4n) is 0.178. The van der Waals surface area contributed by atoms with Crippen molar-refractivity contribution < 1.29 is 4.39 Å². The fourth-order valence-corrected chi connectivity index (χ4v) is 0.178. The van der Waals surface area contributed by atoms with Crippen LogP contribution in [0.4, 0.5) is 4.39 Å². The molecular weight excluding hydrogens is 206 g/mol. The molecule has 0 saturated heterocycles. The van der Waals surface area contributed by atoms with Crippen molar-refractivity contribution in [3.63, 3.8) is 0 Å². The predicted octanol–water partition coefficient (Wildman–Crippen LogP) is 2.42. The molecule has 0 aliphatic heterocycles. The Labute approximate surface area is 57.6 Å². The minimum Gasteiger partial charge on any atom is -0.250 e. The molecule has 0 bridgehead atoms. The molecule has 0 aromatic rings. The quantitative estimate of drug-likeness (QED) is 0.491. The second-order valence-electron chi connectivity index (χ2n) is 1.91. The highest BCUT2D eigenvalue weighted by Crippen LogP contribution is 2.11. The van der Waals surface area contributed by atoms with Crippen LogP contribution < -0.4 is 0 Å². The standard InChI is InChI=1S/C5H10FI/c1-4(2)5(7)3-6/h4-5H,3H2,1-2H3. The molecule has 0 saturated carbocycles. The van der Waals surface area contributed by atoms with Crippen molar-refractivity contribution in [3.8, 4) is 0 Å². The summed E-state index contributed by atoms with van der Waals surface area (Å²) in [4.78, 5) is 0. The zero-order chi connectivity index (χ0) is 5.86. The van der Waals surface area contributed by atoms with E-state index in [0.717, 1.165) is 0 Å². The van der Waals surface area contributed by atoms with Gasteiger partial charge in [-0.3, -0.25) is 0 Å². The molecule has 44 valence electrons. The number of rotatable bonds is 2. The summed E-state index contributed by atoms with van der Waals surface area (Å²) in [5.41, 5.74) is 0. The summed E-state index contributed by atoms with van der Waals surface area (Å²) in [6, 6.07) is 0. The van der Waals surface area contributed by atoms with E-state index in [4.69, 9.17) is 0 Å². The highest BCUT2D eigenvalue weighted by molar-refractivity contribution is 14.1. The van der Waals surface area contributed by atoms with Gasteiger partial charge < -0.3 is 0 Å². The van der Waals surface area contributed by atoms with E-state index in [-0.39, 0.29) is 10.6 Å². The second kappa shape index (κ2) is 3.64. The van der Waals surface area contributed by atoms with Crippen molar-refractivity contribution in [1.82, 2.24) is 0 Å². The third-order valence-electron chi connectivity index (χ3n) is 0.871. The first-order valence-corrected chi connectivity index (χ1v) is 3.63. The maximum atomic E-state index is 11.6. The Bertz CT molecular complexity index is 45.3. The summed E-state index contributed by atoms with van der Waals surface area (Å²) in [6.45, 7) is 3.85. The lowest BCUT2D eigenvalue weighted by Crippen LogP contribution is -2.07. The SMILES string of the molecule is CC(C)C(I)CF. The normalized spacial score (nSPS) is 15.0. The van der Waals surface area contributed by atoms with Crippen molar-refractivity contribution >= 4 is 22.6 Å². The first-order valence-electron chi connectivity index (χ1n) is 2.38. The van der Waals surface area contributed by atoms with Gasteiger partial charge in [0.25, 0.3) is 0 Å². The van der Waals surface area contributed by atoms with Gasteiger partial charge in [-0.2, -0.15) is 0 Å². The van der Waals surface area contributed by atoms with E-state index in [9.17, 15) is 4.39 Å². The molecule has 2 heteroatoms. The zero-order valence-corrected chi connectivity index (χ0v) is 6.78. The molecule has 0 amide bonds. The molecule has 0 fully saturated rings. The average molecular weight is 216 g/mol. The predicted molar refractivity (Wildman–Crippen MR) is 38.6 cm³/mol. The monoisotopic (exact) mass is 216 g/mol. The summed E-state index contributed by atoms with van der Waals surface area (Å²) in [5, 5.41) is 0. The van der Waals surface area contributed by atoms with Crippen LogP contribution >= 0.6 is 22.6 Å². The molecule has 7 heavy (non-hydrogen) atoms. The topological polar surface area (TPSA) is 0 Å². The lowest BCUT2D eigenvalue weighted by molar-refractivity contribution is 0.443. The van der Waals surface area contributed by atoms with Gasteiger partial charge in [-0.05, 0) is 5.92 Å². The summed E-state index contributed by atoms with van der Waals surface area (Å²) in [5.74, 6) is 0.477. The van der Waals surface area contributed by atoms with Crippen LogP contribution in [0.15, 0.2) is 0 Å². The molecule has 0 aromatic heterocycles. The molecule has 0 nitrogen and oxygen atoms in total. The van der Waals surface area contributed by atoms with Gasteiger partial charge in [0, 0.05) is 3.92 Å². The van der Waals surface area contributed by atoms with Crippen molar-refractivity contribution in [1.29, 1.82) is 0 Å². The summed E-state index contributed by atoms with van der Waals surface area (Å²) < 4.78 is 11.8. The van der Waals surface area contributed by atoms with Crippen LogP contribution in [0.25, 0.3) is 0 Å². The van der Waals surface area contributed by atoms with Gasteiger partial charge in [-0.15, -0.1) is 0 Å². The van der Waals surface area contributed by atoms with Gasteiger partial charge in [-0.25, -0.2) is 4.39 Å². The lowest BCUT2D eigenvalue weighted by atomic mass is 10.2. The second-order valence-corrected chi connectivity index (χ2v) is 3.51. The maximum absolute atomic E-state index is 11.6. The zero-order valence-electron chi connectivity index (χ0n) is 4.62. The Morgan fingerprint density at radius 1 is 1.57 bits per heavy atom. The largest absolute Gasteiger partial charge is 0.250 e. The van der Waals surface area contributed by atoms with Crippen LogP contribution in [-0.4, -0.2) is 10.6 Å². The Balaban J connectivity index is 3.14. The van der Waals surface area contributed by atoms with Gasteiger partial charge in [-0.1, -0.05) is 36.4 Å². The Morgan fingerprint density at radius 3 is 2.00 bits per heavy atom. The molecule has 0 spiro atoms. The van der Waals surface area contributed by atoms with Crippen LogP contribution in [0.2, 0.25) is 0 Å². The minimum atomic E-state index is -0.196. The van der Waals surface area contributed by atoms with Gasteiger partial charge in [0.05, 0.1) is 0 Å². The molecule has 0 N–H and O–H groups in total. The molecule has 0 heterocycles. The van der Waals surface area contributed by atoms with Crippen LogP contribution in [0.5, 0.6) is 0 Å². The van der Waals surface area contributed by atoms with Crippen LogP contribution in [-0.2, 0) is 0 Å². The number of hydrogen-bond donors (Lipinski definition) is 0. The number of halogens is 2. The smallest absolute Gasteiger partial charge is 0.101 e. The Hall–Kier alpha value is 0.660. The van der Waals surface area contributed by atoms with Gasteiger partial charge in [0.15, 0.2) is 0 Å². The van der Waals surface area contributed by atoms with E-state index in [1.165, 1.54) is 0 Å². The van der Waals surface area contributed by atoms with Crippen LogP contribution in [0, 0.1) is 5.92 Å². The minimum absolute atomic E-state index is 0.196. The molecule has 0 aliphatic carbocycles. The Morgan fingerprint density at radius 2 is 2.00 bits per heavy atom. The lowest BCUT2D eigenvalue weighted by Gasteiger charge is -2.06. The molecule has 0 radical (unpaired) electrons. The van der Waals surface area contributed by atoms with E-state index < -0.39 is 0 Å². The third-order valence-corrected chi connectivity index (χ3v) is 2.64. The van der Waals surface area contributed by atoms with Gasteiger partial charge in [0.1, 0.15) is 6.67 Å². The first-order chi connectivity index (χ1) is 3.18. The maximum Gasteiger partial charge on any atom is 0.101 e. The molecule has 0 aliphatic rings. The Kier molecular flexibility index (Phi) is 3.98. The molecule has 1 unspecified atom stereocenters. The van der Waals surface area contributed by atoms with E-state index >= 15 is 0 Å². The number of hydrogen-bond acceptors (Lipinski definition) is 0. The van der Waals surface area contributed by atoms with Crippen LogP contribution in [0.3, 0.4) is 0 Å². The van der Waals surface area contributed by atoms with Crippen molar-refractivity contribution in [2.75, 3.05) is 6.67 Å².